The molecule has 3 nitrogen and oxygen atoms in total. The molecule has 1 rings (SSSR count). The summed E-state index contributed by atoms with van der Waals surface area (Å²) in [5.41, 5.74) is 5.65. The summed E-state index contributed by atoms with van der Waals surface area (Å²) in [7, 11) is 0. The van der Waals surface area contributed by atoms with Crippen LogP contribution < -0.4 is 5.73 Å². The molecule has 0 radical (unpaired) electrons. The van der Waals surface area contributed by atoms with Crippen LogP contribution in [0.2, 0.25) is 0 Å². The minimum atomic E-state index is -0.223. The fourth-order valence-electron chi connectivity index (χ4n) is 2.05. The second-order valence-electron chi connectivity index (χ2n) is 4.33. The van der Waals surface area contributed by atoms with Crippen molar-refractivity contribution in [3.05, 3.63) is 0 Å². The van der Waals surface area contributed by atoms with Gasteiger partial charge in [0.15, 0.2) is 0 Å². The molecule has 3 atom stereocenters. The van der Waals surface area contributed by atoms with Gasteiger partial charge in [-0.2, -0.15) is 0 Å². The van der Waals surface area contributed by atoms with Crippen molar-refractivity contribution >= 4 is 0 Å². The number of rotatable bonds is 3. The van der Waals surface area contributed by atoms with E-state index in [0.29, 0.717) is 12.0 Å². The second kappa shape index (κ2) is 4.94. The van der Waals surface area contributed by atoms with Gasteiger partial charge < -0.3 is 10.8 Å². The van der Waals surface area contributed by atoms with Gasteiger partial charge in [0.25, 0.3) is 0 Å². The van der Waals surface area contributed by atoms with E-state index in [4.69, 9.17) is 5.73 Å². The summed E-state index contributed by atoms with van der Waals surface area (Å²) in [5, 5.41) is 9.31. The van der Waals surface area contributed by atoms with Crippen LogP contribution in [0, 0.1) is 5.92 Å². The Morgan fingerprint density at radius 2 is 2.23 bits per heavy atom. The lowest BCUT2D eigenvalue weighted by atomic mass is 9.93. The summed E-state index contributed by atoms with van der Waals surface area (Å²) < 4.78 is 0. The molecule has 0 aromatic rings. The molecule has 0 amide bonds. The number of piperidine rings is 1. The molecular formula is C10H22N2O. The van der Waals surface area contributed by atoms with Crippen LogP contribution in [0.3, 0.4) is 0 Å². The maximum atomic E-state index is 9.31. The minimum Gasteiger partial charge on any atom is -0.392 e. The van der Waals surface area contributed by atoms with Gasteiger partial charge >= 0.3 is 0 Å². The number of likely N-dealkylation sites (tertiary alicyclic amines) is 1. The molecule has 0 spiro atoms. The monoisotopic (exact) mass is 186 g/mol. The number of hydrogen-bond donors (Lipinski definition) is 2. The molecule has 1 aliphatic rings. The van der Waals surface area contributed by atoms with Gasteiger partial charge in [-0.15, -0.1) is 0 Å². The van der Waals surface area contributed by atoms with E-state index in [0.717, 1.165) is 19.6 Å². The highest BCUT2D eigenvalue weighted by Gasteiger charge is 2.24. The molecule has 3 heteroatoms. The average molecular weight is 186 g/mol. The number of nitrogens with zero attached hydrogens (tertiary/aromatic N) is 1. The van der Waals surface area contributed by atoms with Gasteiger partial charge in [0.1, 0.15) is 0 Å². The zero-order valence-corrected chi connectivity index (χ0v) is 8.74. The zero-order chi connectivity index (χ0) is 9.84. The quantitative estimate of drug-likeness (QED) is 0.672. The molecule has 0 aromatic heterocycles. The van der Waals surface area contributed by atoms with Gasteiger partial charge in [0.2, 0.25) is 0 Å². The van der Waals surface area contributed by atoms with E-state index in [2.05, 4.69) is 11.8 Å². The first-order valence-electron chi connectivity index (χ1n) is 5.25. The van der Waals surface area contributed by atoms with E-state index in [9.17, 15) is 5.11 Å². The van der Waals surface area contributed by atoms with Crippen LogP contribution in [-0.2, 0) is 0 Å². The van der Waals surface area contributed by atoms with Crippen LogP contribution in [0.4, 0.5) is 0 Å². The van der Waals surface area contributed by atoms with E-state index in [1.54, 1.807) is 0 Å². The zero-order valence-electron chi connectivity index (χ0n) is 8.74. The first-order chi connectivity index (χ1) is 6.13. The van der Waals surface area contributed by atoms with E-state index in [1.807, 2.05) is 6.92 Å². The molecule has 3 N–H and O–H groups in total. The van der Waals surface area contributed by atoms with Gasteiger partial charge in [-0.1, -0.05) is 0 Å². The van der Waals surface area contributed by atoms with Crippen molar-refractivity contribution in [3.8, 4) is 0 Å². The smallest absolute Gasteiger partial charge is 0.0639 e. The molecule has 1 fully saturated rings. The van der Waals surface area contributed by atoms with Crippen molar-refractivity contribution in [2.24, 2.45) is 11.7 Å². The first-order valence-corrected chi connectivity index (χ1v) is 5.25. The van der Waals surface area contributed by atoms with Crippen molar-refractivity contribution in [2.45, 2.75) is 38.8 Å². The predicted octanol–water partition coefficient (Wildman–Crippen LogP) is 0.426. The fourth-order valence-corrected chi connectivity index (χ4v) is 2.05. The average Bonchev–Trinajstić information content (AvgIpc) is 2.08. The van der Waals surface area contributed by atoms with Crippen LogP contribution in [0.5, 0.6) is 0 Å². The van der Waals surface area contributed by atoms with Gasteiger partial charge in [-0.25, -0.2) is 0 Å². The molecule has 0 aliphatic carbocycles. The summed E-state index contributed by atoms with van der Waals surface area (Å²) >= 11 is 0. The third-order valence-electron chi connectivity index (χ3n) is 2.94. The molecule has 78 valence electrons. The van der Waals surface area contributed by atoms with Crippen LogP contribution >= 0.6 is 0 Å². The maximum absolute atomic E-state index is 9.31. The molecule has 0 saturated carbocycles. The topological polar surface area (TPSA) is 49.5 Å². The van der Waals surface area contributed by atoms with Gasteiger partial charge in [-0.05, 0) is 39.2 Å². The molecule has 13 heavy (non-hydrogen) atoms. The van der Waals surface area contributed by atoms with Crippen molar-refractivity contribution in [2.75, 3.05) is 19.6 Å². The summed E-state index contributed by atoms with van der Waals surface area (Å²) in [4.78, 5) is 2.35. The van der Waals surface area contributed by atoms with Crippen molar-refractivity contribution < 1.29 is 5.11 Å². The van der Waals surface area contributed by atoms with Gasteiger partial charge in [-0.3, -0.25) is 4.90 Å². The van der Waals surface area contributed by atoms with E-state index < -0.39 is 0 Å². The van der Waals surface area contributed by atoms with E-state index >= 15 is 0 Å². The Bertz CT molecular complexity index is 150. The van der Waals surface area contributed by atoms with Gasteiger partial charge in [0, 0.05) is 19.1 Å². The van der Waals surface area contributed by atoms with Crippen LogP contribution in [0.15, 0.2) is 0 Å². The fraction of sp³-hybridized carbons (Fsp3) is 1.00. The lowest BCUT2D eigenvalue weighted by molar-refractivity contribution is 0.0632. The molecular weight excluding hydrogens is 164 g/mol. The number of aliphatic hydroxyl groups is 1. The van der Waals surface area contributed by atoms with Crippen molar-refractivity contribution in [1.29, 1.82) is 0 Å². The summed E-state index contributed by atoms with van der Waals surface area (Å²) in [6.07, 6.45) is 2.24. The van der Waals surface area contributed by atoms with Crippen LogP contribution in [0.1, 0.15) is 26.7 Å². The Labute approximate surface area is 80.9 Å². The van der Waals surface area contributed by atoms with Crippen LogP contribution in [0.25, 0.3) is 0 Å². The highest BCUT2D eigenvalue weighted by Crippen LogP contribution is 2.20. The minimum absolute atomic E-state index is 0.223. The molecule has 1 saturated heterocycles. The molecule has 3 unspecified atom stereocenters. The number of aliphatic hydroxyl groups excluding tert-OH is 1. The Hall–Kier alpha value is -0.120. The predicted molar refractivity (Wildman–Crippen MR) is 54.5 cm³/mol. The van der Waals surface area contributed by atoms with Crippen LogP contribution in [-0.4, -0.2) is 41.8 Å². The summed E-state index contributed by atoms with van der Waals surface area (Å²) in [5.74, 6) is 0.634. The Balaban J connectivity index is 2.40. The lowest BCUT2D eigenvalue weighted by Gasteiger charge is -2.38. The highest BCUT2D eigenvalue weighted by molar-refractivity contribution is 4.80. The third kappa shape index (κ3) is 3.25. The normalized spacial score (nSPS) is 33.2. The molecule has 0 bridgehead atoms. The SMILES string of the molecule is CC(O)CN1CC(CN)CCC1C. The first kappa shape index (κ1) is 11.0. The number of nitrogens with two attached hydrogens (primary N) is 1. The summed E-state index contributed by atoms with van der Waals surface area (Å²) in [6.45, 7) is 6.71. The van der Waals surface area contributed by atoms with Crippen molar-refractivity contribution in [1.82, 2.24) is 4.90 Å². The molecule has 1 heterocycles. The van der Waals surface area contributed by atoms with E-state index in [1.165, 1.54) is 12.8 Å². The third-order valence-corrected chi connectivity index (χ3v) is 2.94. The van der Waals surface area contributed by atoms with Crippen molar-refractivity contribution in [3.63, 3.8) is 0 Å². The second-order valence-corrected chi connectivity index (χ2v) is 4.33. The maximum Gasteiger partial charge on any atom is 0.0639 e. The largest absolute Gasteiger partial charge is 0.392 e. The molecule has 0 aromatic carbocycles. The number of hydrogen-bond acceptors (Lipinski definition) is 3. The van der Waals surface area contributed by atoms with E-state index in [-0.39, 0.29) is 6.10 Å². The Kier molecular flexibility index (Phi) is 4.16. The summed E-state index contributed by atoms with van der Waals surface area (Å²) in [6, 6.07) is 0.609. The number of β-amino-alcohol motifs (C(OH)–C–C–N with tert-alkyl or cyclic N) is 1. The Morgan fingerprint density at radius 3 is 2.77 bits per heavy atom. The Morgan fingerprint density at radius 1 is 1.54 bits per heavy atom. The van der Waals surface area contributed by atoms with Gasteiger partial charge in [0.05, 0.1) is 6.10 Å². The highest BCUT2D eigenvalue weighted by atomic mass is 16.3. The lowest BCUT2D eigenvalue weighted by Crippen LogP contribution is -2.46. The molecule has 1 aliphatic heterocycles. The standard InChI is InChI=1S/C10H22N2O/c1-8-3-4-10(5-11)7-12(8)6-9(2)13/h8-10,13H,3-7,11H2,1-2H3.